The number of nitrogens with one attached hydrogen (secondary N) is 1. The summed E-state index contributed by atoms with van der Waals surface area (Å²) in [6.45, 7) is 1.99. The Morgan fingerprint density at radius 3 is 2.70 bits per heavy atom. The summed E-state index contributed by atoms with van der Waals surface area (Å²) in [6, 6.07) is 23.0. The monoisotopic (exact) mass is 473 g/mol. The van der Waals surface area contributed by atoms with Crippen LogP contribution in [0.5, 0.6) is 11.6 Å². The Kier molecular flexibility index (Phi) is 6.03. The molecule has 3 aromatic carbocycles. The smallest absolute Gasteiger partial charge is 0.234 e. The number of halogens is 1. The molecular weight excluding hydrogens is 454 g/mol. The minimum absolute atomic E-state index is 0.0943. The van der Waals surface area contributed by atoms with E-state index in [0.717, 1.165) is 38.7 Å². The highest BCUT2D eigenvalue weighted by molar-refractivity contribution is 8.00. The molecule has 0 radical (unpaired) electrons. The van der Waals surface area contributed by atoms with Gasteiger partial charge in [-0.1, -0.05) is 53.7 Å². The zero-order chi connectivity index (χ0) is 22.8. The number of rotatable bonds is 5. The lowest BCUT2D eigenvalue weighted by molar-refractivity contribution is -0.113. The Balaban J connectivity index is 1.44. The summed E-state index contributed by atoms with van der Waals surface area (Å²) >= 11 is 7.43. The van der Waals surface area contributed by atoms with Crippen molar-refractivity contribution in [2.45, 2.75) is 18.4 Å². The molecule has 0 bridgehead atoms. The summed E-state index contributed by atoms with van der Waals surface area (Å²) in [4.78, 5) is 22.1. The van der Waals surface area contributed by atoms with Crippen LogP contribution in [0.1, 0.15) is 16.7 Å². The van der Waals surface area contributed by atoms with E-state index in [1.807, 2.05) is 67.6 Å². The summed E-state index contributed by atoms with van der Waals surface area (Å²) in [5, 5.41) is 4.33. The Morgan fingerprint density at radius 1 is 1.06 bits per heavy atom. The molecule has 164 valence electrons. The minimum atomic E-state index is -0.0943. The lowest BCUT2D eigenvalue weighted by atomic mass is 10.0. The first kappa shape index (κ1) is 21.5. The third kappa shape index (κ3) is 4.87. The number of nitrogens with zero attached hydrogens (tertiary/aromatic N) is 2. The molecule has 0 spiro atoms. The highest BCUT2D eigenvalue weighted by Crippen LogP contribution is 2.40. The van der Waals surface area contributed by atoms with Crippen molar-refractivity contribution < 1.29 is 9.53 Å². The predicted molar refractivity (Wildman–Crippen MR) is 132 cm³/mol. The van der Waals surface area contributed by atoms with Crippen LogP contribution in [0.3, 0.4) is 0 Å². The summed E-state index contributed by atoms with van der Waals surface area (Å²) in [5.74, 6) is 1.97. The van der Waals surface area contributed by atoms with Gasteiger partial charge in [-0.2, -0.15) is 4.98 Å². The van der Waals surface area contributed by atoms with Gasteiger partial charge >= 0.3 is 0 Å². The molecule has 0 unspecified atom stereocenters. The van der Waals surface area contributed by atoms with Gasteiger partial charge in [0.05, 0.1) is 11.3 Å². The Bertz CT molecular complexity index is 1340. The van der Waals surface area contributed by atoms with Gasteiger partial charge in [0.25, 0.3) is 0 Å². The van der Waals surface area contributed by atoms with Gasteiger partial charge in [-0.3, -0.25) is 4.79 Å². The molecule has 5 nitrogen and oxygen atoms in total. The fourth-order valence-corrected chi connectivity index (χ4v) is 4.58. The number of para-hydroxylation sites is 1. The molecule has 2 heterocycles. The van der Waals surface area contributed by atoms with Gasteiger partial charge in [-0.05, 0) is 60.5 Å². The molecule has 0 atom stereocenters. The molecule has 33 heavy (non-hydrogen) atoms. The summed E-state index contributed by atoms with van der Waals surface area (Å²) in [6.07, 6.45) is 0.647. The number of amides is 1. The van der Waals surface area contributed by atoms with Crippen LogP contribution in [-0.2, 0) is 11.2 Å². The molecule has 7 heteroatoms. The Hall–Kier alpha value is -3.35. The van der Waals surface area contributed by atoms with Crippen molar-refractivity contribution in [2.24, 2.45) is 0 Å². The second-order valence-electron chi connectivity index (χ2n) is 7.74. The van der Waals surface area contributed by atoms with E-state index in [1.54, 1.807) is 12.1 Å². The lowest BCUT2D eigenvalue weighted by Gasteiger charge is -2.21. The van der Waals surface area contributed by atoms with Crippen molar-refractivity contribution in [1.29, 1.82) is 0 Å². The molecule has 0 fully saturated rings. The van der Waals surface area contributed by atoms with Crippen LogP contribution in [0.15, 0.2) is 77.8 Å². The maximum atomic E-state index is 12.6. The topological polar surface area (TPSA) is 64.1 Å². The number of hydrogen-bond donors (Lipinski definition) is 1. The van der Waals surface area contributed by atoms with E-state index in [9.17, 15) is 4.79 Å². The number of benzene rings is 3. The maximum Gasteiger partial charge on any atom is 0.234 e. The molecule has 0 saturated carbocycles. The number of carbonyl (C=O) groups excluding carboxylic acids is 1. The van der Waals surface area contributed by atoms with Crippen LogP contribution in [0.4, 0.5) is 5.69 Å². The molecule has 4 aromatic rings. The molecule has 1 amide bonds. The van der Waals surface area contributed by atoms with Crippen molar-refractivity contribution in [2.75, 3.05) is 11.1 Å². The third-order valence-corrected chi connectivity index (χ3v) is 6.49. The molecule has 5 rings (SSSR count). The molecule has 1 N–H and O–H groups in total. The normalized spacial score (nSPS) is 11.8. The Labute approximate surface area is 201 Å². The summed E-state index contributed by atoms with van der Waals surface area (Å²) < 4.78 is 6.13. The van der Waals surface area contributed by atoms with E-state index in [1.165, 1.54) is 11.8 Å². The summed E-state index contributed by atoms with van der Waals surface area (Å²) in [7, 11) is 0. The average molecular weight is 474 g/mol. The first-order valence-electron chi connectivity index (χ1n) is 10.5. The van der Waals surface area contributed by atoms with Crippen LogP contribution in [0, 0.1) is 6.92 Å². The van der Waals surface area contributed by atoms with E-state index in [4.69, 9.17) is 21.3 Å². The number of aryl methyl sites for hydroxylation is 1. The van der Waals surface area contributed by atoms with Crippen molar-refractivity contribution in [3.05, 3.63) is 94.5 Å². The van der Waals surface area contributed by atoms with Crippen molar-refractivity contribution in [1.82, 2.24) is 9.97 Å². The number of thioether (sulfide) groups is 1. The largest absolute Gasteiger partial charge is 0.438 e. The van der Waals surface area contributed by atoms with E-state index in [-0.39, 0.29) is 11.7 Å². The number of carbonyl (C=O) groups is 1. The quantitative estimate of drug-likeness (QED) is 0.232. The van der Waals surface area contributed by atoms with Gasteiger partial charge in [0, 0.05) is 22.7 Å². The van der Waals surface area contributed by atoms with Gasteiger partial charge < -0.3 is 10.1 Å². The van der Waals surface area contributed by atoms with Crippen LogP contribution < -0.4 is 10.1 Å². The van der Waals surface area contributed by atoms with Crippen molar-refractivity contribution in [3.8, 4) is 23.0 Å². The second kappa shape index (κ2) is 9.25. The molecule has 1 aliphatic heterocycles. The molecule has 1 aromatic heterocycles. The number of fused-ring (bicyclic) bond motifs is 2. The van der Waals surface area contributed by atoms with E-state index in [2.05, 4.69) is 10.3 Å². The van der Waals surface area contributed by atoms with E-state index >= 15 is 0 Å². The van der Waals surface area contributed by atoms with Gasteiger partial charge in [0.2, 0.25) is 11.8 Å². The van der Waals surface area contributed by atoms with Crippen LogP contribution >= 0.6 is 23.4 Å². The summed E-state index contributed by atoms with van der Waals surface area (Å²) in [5.41, 5.74) is 4.66. The van der Waals surface area contributed by atoms with Crippen LogP contribution in [0.25, 0.3) is 11.4 Å². The number of hydrogen-bond acceptors (Lipinski definition) is 5. The fourth-order valence-electron chi connectivity index (χ4n) is 3.62. The highest BCUT2D eigenvalue weighted by atomic mass is 35.5. The lowest BCUT2D eigenvalue weighted by Crippen LogP contribution is -2.15. The van der Waals surface area contributed by atoms with Gasteiger partial charge in [0.15, 0.2) is 5.82 Å². The molecule has 1 aliphatic rings. The predicted octanol–water partition coefficient (Wildman–Crippen LogP) is 6.53. The molecular formula is C26H20ClN3O2S. The zero-order valence-electron chi connectivity index (χ0n) is 17.8. The van der Waals surface area contributed by atoms with Crippen LogP contribution in [0.2, 0.25) is 5.02 Å². The fraction of sp³-hybridized carbons (Fsp3) is 0.115. The second-order valence-corrected chi connectivity index (χ2v) is 9.14. The van der Waals surface area contributed by atoms with Crippen LogP contribution in [-0.4, -0.2) is 21.6 Å². The van der Waals surface area contributed by atoms with E-state index in [0.29, 0.717) is 23.1 Å². The number of anilines is 1. The van der Waals surface area contributed by atoms with Crippen molar-refractivity contribution >= 4 is 35.0 Å². The maximum absolute atomic E-state index is 12.6. The first-order valence-corrected chi connectivity index (χ1v) is 11.8. The van der Waals surface area contributed by atoms with E-state index < -0.39 is 0 Å². The number of aromatic nitrogens is 2. The molecule has 0 aliphatic carbocycles. The SMILES string of the molecule is Cc1cccc(NC(=O)CSc2nc(-c3ccc(Cl)cc3)nc3c2Cc2ccccc2O3)c1. The molecule has 0 saturated heterocycles. The number of ether oxygens (including phenoxy) is 1. The third-order valence-electron chi connectivity index (χ3n) is 5.22. The van der Waals surface area contributed by atoms with Gasteiger partial charge in [-0.15, -0.1) is 0 Å². The average Bonchev–Trinajstić information content (AvgIpc) is 2.81. The van der Waals surface area contributed by atoms with Gasteiger partial charge in [0.1, 0.15) is 10.8 Å². The van der Waals surface area contributed by atoms with Crippen molar-refractivity contribution in [3.63, 3.8) is 0 Å². The minimum Gasteiger partial charge on any atom is -0.438 e. The standard InChI is InChI=1S/C26H20ClN3O2S/c1-16-5-4-7-20(13-16)28-23(31)15-33-26-21-14-18-6-2-3-8-22(18)32-25(21)29-24(30-26)17-9-11-19(27)12-10-17/h2-13H,14-15H2,1H3,(H,28,31). The first-order chi connectivity index (χ1) is 16.0. The highest BCUT2D eigenvalue weighted by Gasteiger charge is 2.24. The zero-order valence-corrected chi connectivity index (χ0v) is 19.4. The Morgan fingerprint density at radius 2 is 1.88 bits per heavy atom. The van der Waals surface area contributed by atoms with Gasteiger partial charge in [-0.25, -0.2) is 4.98 Å².